The van der Waals surface area contributed by atoms with Crippen LogP contribution in [-0.2, 0) is 0 Å². The van der Waals surface area contributed by atoms with Crippen molar-refractivity contribution in [3.63, 3.8) is 0 Å². The molecule has 0 saturated carbocycles. The van der Waals surface area contributed by atoms with Crippen LogP contribution in [0.1, 0.15) is 10.4 Å². The Morgan fingerprint density at radius 1 is 1.17 bits per heavy atom. The van der Waals surface area contributed by atoms with Gasteiger partial charge >= 0.3 is 0 Å². The summed E-state index contributed by atoms with van der Waals surface area (Å²) in [6, 6.07) is 11.7. The molecule has 0 amide bonds. The van der Waals surface area contributed by atoms with E-state index < -0.39 is 5.82 Å². The smallest absolute Gasteiger partial charge is 0.151 e. The second-order valence-electron chi connectivity index (χ2n) is 3.53. The topological polar surface area (TPSA) is 26.3 Å². The zero-order valence-electron chi connectivity index (χ0n) is 9.72. The first-order valence-electron chi connectivity index (χ1n) is 5.31. The van der Waals surface area contributed by atoms with Gasteiger partial charge in [-0.15, -0.1) is 0 Å². The molecular weight excluding hydrogens is 251 g/mol. The summed E-state index contributed by atoms with van der Waals surface area (Å²) in [6.07, 6.45) is 0.654. The molecule has 0 aliphatic carbocycles. The molecule has 0 aliphatic rings. The third kappa shape index (κ3) is 2.54. The predicted octanol–water partition coefficient (Wildman–Crippen LogP) is 3.80. The summed E-state index contributed by atoms with van der Waals surface area (Å²) in [4.78, 5) is 12.0. The summed E-state index contributed by atoms with van der Waals surface area (Å²) < 4.78 is 18.9. The molecule has 2 nitrogen and oxygen atoms in total. The number of rotatable bonds is 4. The lowest BCUT2D eigenvalue weighted by molar-refractivity contribution is 0.112. The average molecular weight is 262 g/mol. The van der Waals surface area contributed by atoms with E-state index in [1.54, 1.807) is 19.2 Å². The highest BCUT2D eigenvalue weighted by molar-refractivity contribution is 7.99. The zero-order valence-corrected chi connectivity index (χ0v) is 10.5. The summed E-state index contributed by atoms with van der Waals surface area (Å²) in [5, 5.41) is 0. The second kappa shape index (κ2) is 5.69. The van der Waals surface area contributed by atoms with E-state index in [1.165, 1.54) is 23.9 Å². The van der Waals surface area contributed by atoms with Gasteiger partial charge in [0.05, 0.1) is 16.9 Å². The Morgan fingerprint density at radius 2 is 1.94 bits per heavy atom. The number of aldehydes is 1. The molecule has 0 saturated heterocycles. The van der Waals surface area contributed by atoms with E-state index in [0.717, 1.165) is 4.90 Å². The largest absolute Gasteiger partial charge is 0.496 e. The molecule has 0 heterocycles. The fourth-order valence-electron chi connectivity index (χ4n) is 1.54. The fourth-order valence-corrected chi connectivity index (χ4v) is 2.56. The first kappa shape index (κ1) is 12.6. The summed E-state index contributed by atoms with van der Waals surface area (Å²) in [7, 11) is 1.56. The van der Waals surface area contributed by atoms with Crippen LogP contribution >= 0.6 is 11.8 Å². The maximum atomic E-state index is 13.7. The Kier molecular flexibility index (Phi) is 3.99. The van der Waals surface area contributed by atoms with E-state index in [1.807, 2.05) is 18.2 Å². The monoisotopic (exact) mass is 262 g/mol. The minimum Gasteiger partial charge on any atom is -0.496 e. The first-order valence-corrected chi connectivity index (χ1v) is 6.12. The van der Waals surface area contributed by atoms with Crippen LogP contribution in [-0.4, -0.2) is 13.4 Å². The lowest BCUT2D eigenvalue weighted by Crippen LogP contribution is -1.91. The molecule has 0 aromatic heterocycles. The molecule has 2 aromatic carbocycles. The SMILES string of the molecule is COc1ccccc1Sc1c(F)cccc1C=O. The van der Waals surface area contributed by atoms with Crippen molar-refractivity contribution in [2.24, 2.45) is 0 Å². The molecule has 0 fully saturated rings. The normalized spacial score (nSPS) is 10.1. The molecule has 0 atom stereocenters. The van der Waals surface area contributed by atoms with Crippen molar-refractivity contribution in [2.75, 3.05) is 7.11 Å². The molecule has 2 aromatic rings. The summed E-state index contributed by atoms with van der Waals surface area (Å²) in [6.45, 7) is 0. The Balaban J connectivity index is 2.42. The van der Waals surface area contributed by atoms with E-state index >= 15 is 0 Å². The zero-order chi connectivity index (χ0) is 13.0. The minimum absolute atomic E-state index is 0.317. The molecular formula is C14H11FO2S. The highest BCUT2D eigenvalue weighted by Crippen LogP contribution is 2.37. The van der Waals surface area contributed by atoms with Crippen LogP contribution < -0.4 is 4.74 Å². The predicted molar refractivity (Wildman–Crippen MR) is 68.9 cm³/mol. The number of carbonyl (C=O) groups excluding carboxylic acids is 1. The van der Waals surface area contributed by atoms with E-state index in [0.29, 0.717) is 22.5 Å². The number of hydrogen-bond donors (Lipinski definition) is 0. The number of para-hydroxylation sites is 1. The number of halogens is 1. The Hall–Kier alpha value is -1.81. The lowest BCUT2D eigenvalue weighted by Gasteiger charge is -2.09. The van der Waals surface area contributed by atoms with Crippen molar-refractivity contribution in [3.8, 4) is 5.75 Å². The van der Waals surface area contributed by atoms with E-state index in [9.17, 15) is 9.18 Å². The van der Waals surface area contributed by atoms with Crippen LogP contribution in [0.5, 0.6) is 5.75 Å². The Morgan fingerprint density at radius 3 is 2.67 bits per heavy atom. The van der Waals surface area contributed by atoms with Gasteiger partial charge in [-0.05, 0) is 18.2 Å². The van der Waals surface area contributed by atoms with Gasteiger partial charge in [0.15, 0.2) is 6.29 Å². The highest BCUT2D eigenvalue weighted by Gasteiger charge is 2.12. The second-order valence-corrected chi connectivity index (χ2v) is 4.58. The third-order valence-electron chi connectivity index (χ3n) is 2.41. The van der Waals surface area contributed by atoms with Crippen LogP contribution in [0.25, 0.3) is 0 Å². The van der Waals surface area contributed by atoms with Crippen molar-refractivity contribution in [3.05, 3.63) is 53.8 Å². The third-order valence-corrected chi connectivity index (χ3v) is 3.60. The molecule has 92 valence electrons. The standard InChI is InChI=1S/C14H11FO2S/c1-17-12-7-2-3-8-13(12)18-14-10(9-16)5-4-6-11(14)15/h2-9H,1H3. The van der Waals surface area contributed by atoms with Crippen LogP contribution in [0.2, 0.25) is 0 Å². The highest BCUT2D eigenvalue weighted by atomic mass is 32.2. The van der Waals surface area contributed by atoms with Crippen molar-refractivity contribution in [1.82, 2.24) is 0 Å². The molecule has 18 heavy (non-hydrogen) atoms. The number of methoxy groups -OCH3 is 1. The van der Waals surface area contributed by atoms with Crippen molar-refractivity contribution in [2.45, 2.75) is 9.79 Å². The molecule has 0 bridgehead atoms. The van der Waals surface area contributed by atoms with Gasteiger partial charge in [-0.25, -0.2) is 4.39 Å². The summed E-state index contributed by atoms with van der Waals surface area (Å²) in [5.41, 5.74) is 0.339. The number of benzene rings is 2. The Bertz CT molecular complexity index is 569. The molecule has 0 spiro atoms. The molecule has 0 radical (unpaired) electrons. The average Bonchev–Trinajstić information content (AvgIpc) is 2.41. The van der Waals surface area contributed by atoms with Gasteiger partial charge in [-0.2, -0.15) is 0 Å². The maximum absolute atomic E-state index is 13.7. The van der Waals surface area contributed by atoms with Gasteiger partial charge in [0.2, 0.25) is 0 Å². The minimum atomic E-state index is -0.407. The number of ether oxygens (including phenoxy) is 1. The van der Waals surface area contributed by atoms with Crippen molar-refractivity contribution >= 4 is 18.0 Å². The van der Waals surface area contributed by atoms with Gasteiger partial charge < -0.3 is 4.74 Å². The van der Waals surface area contributed by atoms with Crippen molar-refractivity contribution in [1.29, 1.82) is 0 Å². The van der Waals surface area contributed by atoms with Crippen molar-refractivity contribution < 1.29 is 13.9 Å². The molecule has 0 unspecified atom stereocenters. The summed E-state index contributed by atoms with van der Waals surface area (Å²) >= 11 is 1.19. The van der Waals surface area contributed by atoms with Gasteiger partial charge in [0.25, 0.3) is 0 Å². The lowest BCUT2D eigenvalue weighted by atomic mass is 10.2. The maximum Gasteiger partial charge on any atom is 0.151 e. The van der Waals surface area contributed by atoms with E-state index in [-0.39, 0.29) is 0 Å². The van der Waals surface area contributed by atoms with E-state index in [4.69, 9.17) is 4.74 Å². The van der Waals surface area contributed by atoms with Crippen LogP contribution in [0.3, 0.4) is 0 Å². The van der Waals surface area contributed by atoms with Gasteiger partial charge in [0.1, 0.15) is 11.6 Å². The van der Waals surface area contributed by atoms with Gasteiger partial charge in [-0.3, -0.25) is 4.79 Å². The fraction of sp³-hybridized carbons (Fsp3) is 0.0714. The van der Waals surface area contributed by atoms with Gasteiger partial charge in [0, 0.05) is 5.56 Å². The molecule has 4 heteroatoms. The molecule has 0 aliphatic heterocycles. The van der Waals surface area contributed by atoms with Crippen LogP contribution in [0.4, 0.5) is 4.39 Å². The summed E-state index contributed by atoms with van der Waals surface area (Å²) in [5.74, 6) is 0.248. The number of carbonyl (C=O) groups is 1. The van der Waals surface area contributed by atoms with Crippen LogP contribution in [0.15, 0.2) is 52.3 Å². The first-order chi connectivity index (χ1) is 8.76. The van der Waals surface area contributed by atoms with Gasteiger partial charge in [-0.1, -0.05) is 36.0 Å². The number of hydrogen-bond acceptors (Lipinski definition) is 3. The molecule has 0 N–H and O–H groups in total. The van der Waals surface area contributed by atoms with Crippen LogP contribution in [0, 0.1) is 5.82 Å². The molecule has 2 rings (SSSR count). The Labute approximate surface area is 109 Å². The quantitative estimate of drug-likeness (QED) is 0.784. The van der Waals surface area contributed by atoms with E-state index in [2.05, 4.69) is 0 Å².